The van der Waals surface area contributed by atoms with E-state index in [1.54, 1.807) is 24.3 Å². The molecule has 0 amide bonds. The summed E-state index contributed by atoms with van der Waals surface area (Å²) in [7, 11) is 0. The summed E-state index contributed by atoms with van der Waals surface area (Å²) in [6, 6.07) is 12.7. The molecule has 2 heterocycles. The molecule has 2 aromatic rings. The predicted molar refractivity (Wildman–Crippen MR) is 109 cm³/mol. The van der Waals surface area contributed by atoms with Gasteiger partial charge in [0.1, 0.15) is 11.5 Å². The van der Waals surface area contributed by atoms with Crippen LogP contribution in [0.2, 0.25) is 0 Å². The van der Waals surface area contributed by atoms with E-state index in [9.17, 15) is 22.7 Å². The van der Waals surface area contributed by atoms with Gasteiger partial charge in [0.05, 0.1) is 12.5 Å². The lowest BCUT2D eigenvalue weighted by atomic mass is 9.85. The number of benzene rings is 2. The highest BCUT2D eigenvalue weighted by molar-refractivity contribution is 5.30. The highest BCUT2D eigenvalue weighted by Gasteiger charge is 2.47. The molecular weight excluding hydrogens is 412 g/mol. The third-order valence-electron chi connectivity index (χ3n) is 6.24. The first-order valence-corrected chi connectivity index (χ1v) is 10.5. The van der Waals surface area contributed by atoms with Gasteiger partial charge < -0.3 is 9.84 Å². The van der Waals surface area contributed by atoms with Crippen LogP contribution in [0.25, 0.3) is 0 Å². The molecule has 31 heavy (non-hydrogen) atoms. The van der Waals surface area contributed by atoms with Crippen LogP contribution < -0.4 is 4.74 Å². The number of alkyl halides is 4. The summed E-state index contributed by atoms with van der Waals surface area (Å²) in [5.41, 5.74) is 1.54. The van der Waals surface area contributed by atoms with Gasteiger partial charge >= 0.3 is 6.61 Å². The van der Waals surface area contributed by atoms with E-state index in [0.717, 1.165) is 18.5 Å². The molecule has 0 aliphatic carbocycles. The second kappa shape index (κ2) is 9.04. The number of piperidine rings is 1. The first-order valence-electron chi connectivity index (χ1n) is 10.5. The minimum Gasteiger partial charge on any atom is -0.508 e. The number of likely N-dealkylation sites (tertiary alicyclic amines) is 2. The summed E-state index contributed by atoms with van der Waals surface area (Å²) in [6.45, 7) is -0.345. The van der Waals surface area contributed by atoms with Crippen LogP contribution in [0.5, 0.6) is 11.5 Å². The van der Waals surface area contributed by atoms with Crippen molar-refractivity contribution in [2.24, 2.45) is 0 Å². The van der Waals surface area contributed by atoms with Gasteiger partial charge in [-0.15, -0.1) is 0 Å². The van der Waals surface area contributed by atoms with Gasteiger partial charge in [0.25, 0.3) is 5.92 Å². The van der Waals surface area contributed by atoms with Crippen LogP contribution in [0.4, 0.5) is 17.6 Å². The molecule has 2 aromatic carbocycles. The van der Waals surface area contributed by atoms with Crippen molar-refractivity contribution in [3.8, 4) is 11.5 Å². The maximum Gasteiger partial charge on any atom is 0.387 e. The first kappa shape index (κ1) is 21.9. The van der Waals surface area contributed by atoms with Crippen molar-refractivity contribution < 1.29 is 27.4 Å². The molecule has 2 atom stereocenters. The number of hydrogen-bond donors (Lipinski definition) is 1. The Labute approximate surface area is 179 Å². The lowest BCUT2D eigenvalue weighted by Crippen LogP contribution is -2.51. The number of halogens is 4. The molecule has 0 aromatic heterocycles. The molecule has 0 bridgehead atoms. The Morgan fingerprint density at radius 1 is 1.00 bits per heavy atom. The average Bonchev–Trinajstić information content (AvgIpc) is 3.18. The molecule has 168 valence electrons. The van der Waals surface area contributed by atoms with Gasteiger partial charge in [0.2, 0.25) is 0 Å². The summed E-state index contributed by atoms with van der Waals surface area (Å²) in [5, 5.41) is 9.41. The lowest BCUT2D eigenvalue weighted by molar-refractivity contribution is -0.0917. The largest absolute Gasteiger partial charge is 0.508 e. The molecule has 2 unspecified atom stereocenters. The Balaban J connectivity index is 1.32. The normalized spacial score (nSPS) is 24.5. The van der Waals surface area contributed by atoms with Crippen molar-refractivity contribution in [2.75, 3.05) is 26.2 Å². The molecule has 0 radical (unpaired) electrons. The van der Waals surface area contributed by atoms with Crippen molar-refractivity contribution in [1.29, 1.82) is 0 Å². The number of phenolic OH excluding ortho intramolecular Hbond substituents is 1. The zero-order valence-electron chi connectivity index (χ0n) is 17.1. The second-order valence-corrected chi connectivity index (χ2v) is 8.36. The Morgan fingerprint density at radius 2 is 1.71 bits per heavy atom. The van der Waals surface area contributed by atoms with Crippen LogP contribution >= 0.6 is 0 Å². The molecule has 0 saturated carbocycles. The third kappa shape index (κ3) is 5.30. The maximum absolute atomic E-state index is 14.9. The average molecular weight is 438 g/mol. The Hall–Kier alpha value is -2.32. The number of nitrogens with zero attached hydrogens (tertiary/aromatic N) is 2. The fraction of sp³-hybridized carbons (Fsp3) is 0.478. The second-order valence-electron chi connectivity index (χ2n) is 8.36. The van der Waals surface area contributed by atoms with Crippen LogP contribution in [0, 0.1) is 0 Å². The highest BCUT2D eigenvalue weighted by atomic mass is 19.3. The number of hydrogen-bond acceptors (Lipinski definition) is 4. The highest BCUT2D eigenvalue weighted by Crippen LogP contribution is 2.41. The van der Waals surface area contributed by atoms with E-state index in [4.69, 9.17) is 0 Å². The van der Waals surface area contributed by atoms with Crippen molar-refractivity contribution in [2.45, 2.75) is 43.9 Å². The SMILES string of the molecule is Oc1ccc(C2CCN(C3CCN(Cc4ccc(OC(F)F)cc4)C3)CC2(F)F)cc1. The van der Waals surface area contributed by atoms with E-state index in [-0.39, 0.29) is 24.1 Å². The quantitative estimate of drug-likeness (QED) is 0.664. The molecule has 2 fully saturated rings. The summed E-state index contributed by atoms with van der Waals surface area (Å²) >= 11 is 0. The molecule has 4 rings (SSSR count). The van der Waals surface area contributed by atoms with E-state index in [1.807, 2.05) is 4.90 Å². The molecule has 2 saturated heterocycles. The van der Waals surface area contributed by atoms with E-state index < -0.39 is 18.5 Å². The van der Waals surface area contributed by atoms with E-state index in [0.29, 0.717) is 31.6 Å². The van der Waals surface area contributed by atoms with Gasteiger partial charge in [-0.05, 0) is 54.8 Å². The van der Waals surface area contributed by atoms with Crippen LogP contribution in [0.15, 0.2) is 48.5 Å². The van der Waals surface area contributed by atoms with Crippen LogP contribution in [0.1, 0.15) is 29.9 Å². The van der Waals surface area contributed by atoms with Gasteiger partial charge in [-0.1, -0.05) is 24.3 Å². The minimum atomic E-state index is -2.85. The monoisotopic (exact) mass is 438 g/mol. The number of phenols is 1. The molecular formula is C23H26F4N2O2. The number of aromatic hydroxyl groups is 1. The van der Waals surface area contributed by atoms with Gasteiger partial charge in [-0.2, -0.15) is 8.78 Å². The molecule has 4 nitrogen and oxygen atoms in total. The van der Waals surface area contributed by atoms with Crippen molar-refractivity contribution in [1.82, 2.24) is 9.80 Å². The Morgan fingerprint density at radius 3 is 2.35 bits per heavy atom. The van der Waals surface area contributed by atoms with Crippen LogP contribution in [-0.2, 0) is 6.54 Å². The lowest BCUT2D eigenvalue weighted by Gasteiger charge is -2.41. The maximum atomic E-state index is 14.9. The number of ether oxygens (including phenoxy) is 1. The van der Waals surface area contributed by atoms with Gasteiger partial charge in [-0.25, -0.2) is 8.78 Å². The molecule has 8 heteroatoms. The zero-order chi connectivity index (χ0) is 22.0. The number of rotatable bonds is 6. The van der Waals surface area contributed by atoms with E-state index in [2.05, 4.69) is 9.64 Å². The predicted octanol–water partition coefficient (Wildman–Crippen LogP) is 4.69. The van der Waals surface area contributed by atoms with E-state index in [1.165, 1.54) is 24.3 Å². The topological polar surface area (TPSA) is 35.9 Å². The van der Waals surface area contributed by atoms with Crippen molar-refractivity contribution in [3.63, 3.8) is 0 Å². The van der Waals surface area contributed by atoms with Gasteiger partial charge in [0, 0.05) is 25.7 Å². The third-order valence-corrected chi connectivity index (χ3v) is 6.24. The summed E-state index contributed by atoms with van der Waals surface area (Å²) in [5.74, 6) is -3.47. The van der Waals surface area contributed by atoms with E-state index >= 15 is 0 Å². The smallest absolute Gasteiger partial charge is 0.387 e. The Bertz CT molecular complexity index is 861. The standard InChI is InChI=1S/C23H26F4N2O2/c24-22(25)31-20-7-1-16(2-8-20)13-28-11-9-18(14-28)29-12-10-21(23(26,27)15-29)17-3-5-19(30)6-4-17/h1-8,18,21-22,30H,9-15H2. The minimum absolute atomic E-state index is 0.0757. The van der Waals surface area contributed by atoms with Gasteiger partial charge in [-0.3, -0.25) is 9.80 Å². The van der Waals surface area contributed by atoms with Gasteiger partial charge in [0.15, 0.2) is 0 Å². The summed E-state index contributed by atoms with van der Waals surface area (Å²) in [4.78, 5) is 4.11. The summed E-state index contributed by atoms with van der Waals surface area (Å²) < 4.78 is 58.8. The first-order chi connectivity index (χ1) is 14.8. The zero-order valence-corrected chi connectivity index (χ0v) is 17.1. The van der Waals surface area contributed by atoms with Crippen molar-refractivity contribution >= 4 is 0 Å². The summed E-state index contributed by atoms with van der Waals surface area (Å²) in [6.07, 6.45) is 1.20. The Kier molecular flexibility index (Phi) is 6.39. The van der Waals surface area contributed by atoms with Crippen LogP contribution in [-0.4, -0.2) is 59.7 Å². The molecule has 2 aliphatic heterocycles. The van der Waals surface area contributed by atoms with Crippen molar-refractivity contribution in [3.05, 3.63) is 59.7 Å². The molecule has 1 N–H and O–H groups in total. The fourth-order valence-electron chi connectivity index (χ4n) is 4.68. The molecule has 0 spiro atoms. The fourth-order valence-corrected chi connectivity index (χ4v) is 4.68. The molecule has 2 aliphatic rings. The van der Waals surface area contributed by atoms with Crippen LogP contribution in [0.3, 0.4) is 0 Å².